The second-order valence-corrected chi connectivity index (χ2v) is 8.40. The number of aromatic nitrogens is 1. The Hall–Kier alpha value is -2.01. The van der Waals surface area contributed by atoms with Crippen molar-refractivity contribution in [3.63, 3.8) is 0 Å². The number of hydrogen-bond acceptors (Lipinski definition) is 5. The summed E-state index contributed by atoms with van der Waals surface area (Å²) in [5.41, 5.74) is 1.52. The molecule has 1 aromatic carbocycles. The van der Waals surface area contributed by atoms with Gasteiger partial charge in [-0.2, -0.15) is 9.57 Å². The first-order valence-electron chi connectivity index (χ1n) is 8.40. The average Bonchev–Trinajstić information content (AvgIpc) is 2.61. The second-order valence-electron chi connectivity index (χ2n) is 6.49. The Morgan fingerprint density at radius 1 is 1.28 bits per heavy atom. The van der Waals surface area contributed by atoms with Crippen molar-refractivity contribution in [3.05, 3.63) is 36.0 Å². The lowest BCUT2D eigenvalue weighted by Crippen LogP contribution is -2.51. The van der Waals surface area contributed by atoms with Crippen LogP contribution in [0.4, 0.5) is 0 Å². The van der Waals surface area contributed by atoms with Gasteiger partial charge in [-0.1, -0.05) is 12.1 Å². The number of piperazine rings is 1. The van der Waals surface area contributed by atoms with Gasteiger partial charge in [-0.15, -0.1) is 0 Å². The Labute approximate surface area is 148 Å². The minimum absolute atomic E-state index is 0.150. The zero-order valence-corrected chi connectivity index (χ0v) is 15.3. The molecule has 3 rings (SSSR count). The highest BCUT2D eigenvalue weighted by Crippen LogP contribution is 2.25. The zero-order valence-electron chi connectivity index (χ0n) is 14.5. The number of nitriles is 1. The van der Waals surface area contributed by atoms with Gasteiger partial charge in [-0.05, 0) is 31.5 Å². The molecule has 7 heteroatoms. The van der Waals surface area contributed by atoms with Crippen LogP contribution in [-0.2, 0) is 10.0 Å². The van der Waals surface area contributed by atoms with Crippen molar-refractivity contribution in [3.8, 4) is 6.07 Å². The molecule has 2 heterocycles. The van der Waals surface area contributed by atoms with Crippen LogP contribution in [-0.4, -0.2) is 54.8 Å². The normalized spacial score (nSPS) is 18.1. The molecule has 0 spiro atoms. The molecular formula is C18H22N4O2S. The molecule has 0 unspecified atom stereocenters. The first-order valence-corrected chi connectivity index (χ1v) is 9.84. The first-order chi connectivity index (χ1) is 11.9. The summed E-state index contributed by atoms with van der Waals surface area (Å²) in [5.74, 6) is 0. The highest BCUT2D eigenvalue weighted by atomic mass is 32.2. The van der Waals surface area contributed by atoms with Gasteiger partial charge in [0, 0.05) is 43.8 Å². The second kappa shape index (κ2) is 7.08. The van der Waals surface area contributed by atoms with E-state index in [1.54, 1.807) is 18.3 Å². The number of rotatable bonds is 4. The van der Waals surface area contributed by atoms with Crippen LogP contribution >= 0.6 is 0 Å². The Bertz CT molecular complexity index is 912. The number of pyridine rings is 1. The topological polar surface area (TPSA) is 77.3 Å². The lowest BCUT2D eigenvalue weighted by Gasteiger charge is -2.36. The minimum atomic E-state index is -3.58. The quantitative estimate of drug-likeness (QED) is 0.837. The number of aryl methyl sites for hydroxylation is 1. The fourth-order valence-corrected chi connectivity index (χ4v) is 4.82. The van der Waals surface area contributed by atoms with Crippen molar-refractivity contribution in [1.29, 1.82) is 5.26 Å². The van der Waals surface area contributed by atoms with Gasteiger partial charge in [-0.25, -0.2) is 8.42 Å². The molecule has 0 amide bonds. The Balaban J connectivity index is 1.85. The Morgan fingerprint density at radius 3 is 2.68 bits per heavy atom. The minimum Gasteiger partial charge on any atom is -0.297 e. The van der Waals surface area contributed by atoms with E-state index in [4.69, 9.17) is 5.26 Å². The number of hydrogen-bond donors (Lipinski definition) is 0. The van der Waals surface area contributed by atoms with Crippen molar-refractivity contribution in [2.24, 2.45) is 0 Å². The van der Waals surface area contributed by atoms with Gasteiger partial charge < -0.3 is 0 Å². The van der Waals surface area contributed by atoms with E-state index in [1.807, 2.05) is 26.0 Å². The number of benzene rings is 1. The molecule has 2 aromatic rings. The highest BCUT2D eigenvalue weighted by Gasteiger charge is 2.31. The summed E-state index contributed by atoms with van der Waals surface area (Å²) in [4.78, 5) is 6.79. The average molecular weight is 358 g/mol. The lowest BCUT2D eigenvalue weighted by molar-refractivity contribution is 0.147. The zero-order chi connectivity index (χ0) is 18.0. The van der Waals surface area contributed by atoms with Crippen LogP contribution in [0.2, 0.25) is 0 Å². The molecule has 0 bridgehead atoms. The summed E-state index contributed by atoms with van der Waals surface area (Å²) in [6.45, 7) is 6.08. The third kappa shape index (κ3) is 3.52. The van der Waals surface area contributed by atoms with E-state index < -0.39 is 10.0 Å². The van der Waals surface area contributed by atoms with Crippen molar-refractivity contribution in [1.82, 2.24) is 14.2 Å². The van der Waals surface area contributed by atoms with Crippen LogP contribution in [0, 0.1) is 18.3 Å². The number of para-hydroxylation sites is 1. The molecule has 1 aliphatic rings. The fraction of sp³-hybridized carbons (Fsp3) is 0.444. The summed E-state index contributed by atoms with van der Waals surface area (Å²) in [7, 11) is -3.58. The predicted octanol–water partition coefficient (Wildman–Crippen LogP) is 2.15. The maximum atomic E-state index is 13.1. The van der Waals surface area contributed by atoms with Crippen LogP contribution in [0.3, 0.4) is 0 Å². The van der Waals surface area contributed by atoms with Gasteiger partial charge in [0.2, 0.25) is 10.0 Å². The summed E-state index contributed by atoms with van der Waals surface area (Å²) in [6, 6.07) is 9.55. The van der Waals surface area contributed by atoms with E-state index in [0.29, 0.717) is 38.1 Å². The number of fused-ring (bicyclic) bond motifs is 1. The van der Waals surface area contributed by atoms with Gasteiger partial charge in [0.1, 0.15) is 4.90 Å². The highest BCUT2D eigenvalue weighted by molar-refractivity contribution is 7.89. The number of sulfonamides is 1. The molecule has 0 radical (unpaired) electrons. The van der Waals surface area contributed by atoms with E-state index in [1.165, 1.54) is 4.31 Å². The van der Waals surface area contributed by atoms with Crippen LogP contribution in [0.15, 0.2) is 35.4 Å². The maximum Gasteiger partial charge on any atom is 0.245 e. The van der Waals surface area contributed by atoms with Crippen molar-refractivity contribution < 1.29 is 8.42 Å². The van der Waals surface area contributed by atoms with Gasteiger partial charge in [0.25, 0.3) is 0 Å². The Morgan fingerprint density at radius 2 is 2.00 bits per heavy atom. The summed E-state index contributed by atoms with van der Waals surface area (Å²) in [5, 5.41) is 9.66. The van der Waals surface area contributed by atoms with E-state index in [-0.39, 0.29) is 10.9 Å². The smallest absolute Gasteiger partial charge is 0.245 e. The Kier molecular flexibility index (Phi) is 5.04. The molecular weight excluding hydrogens is 336 g/mol. The van der Waals surface area contributed by atoms with E-state index in [9.17, 15) is 8.42 Å². The maximum absolute atomic E-state index is 13.1. The molecule has 25 heavy (non-hydrogen) atoms. The van der Waals surface area contributed by atoms with Gasteiger partial charge in [0.05, 0.1) is 18.0 Å². The van der Waals surface area contributed by atoms with Crippen LogP contribution in [0.5, 0.6) is 0 Å². The molecule has 0 saturated carbocycles. The van der Waals surface area contributed by atoms with Crippen LogP contribution in [0.1, 0.15) is 18.9 Å². The standard InChI is InChI=1S/C18H22N4O2S/c1-14-12-16-4-3-5-17(18(16)20-13-14)25(23,24)22-10-8-21(9-11-22)15(2)6-7-19/h3-5,12-13,15H,6,8-11H2,1-2H3/t15-/m0/s1. The third-order valence-corrected chi connectivity index (χ3v) is 6.64. The molecule has 132 valence electrons. The number of nitrogens with zero attached hydrogens (tertiary/aromatic N) is 4. The molecule has 1 atom stereocenters. The van der Waals surface area contributed by atoms with Crippen molar-refractivity contribution in [2.75, 3.05) is 26.2 Å². The SMILES string of the molecule is Cc1cnc2c(S(=O)(=O)N3CCN([C@@H](C)CC#N)CC3)cccc2c1. The van der Waals surface area contributed by atoms with Gasteiger partial charge in [-0.3, -0.25) is 9.88 Å². The van der Waals surface area contributed by atoms with E-state index >= 15 is 0 Å². The van der Waals surface area contributed by atoms with Crippen LogP contribution < -0.4 is 0 Å². The summed E-state index contributed by atoms with van der Waals surface area (Å²) >= 11 is 0. The molecule has 0 N–H and O–H groups in total. The molecule has 1 aromatic heterocycles. The monoisotopic (exact) mass is 358 g/mol. The van der Waals surface area contributed by atoms with Crippen molar-refractivity contribution >= 4 is 20.9 Å². The third-order valence-electron chi connectivity index (χ3n) is 4.71. The van der Waals surface area contributed by atoms with E-state index in [0.717, 1.165) is 10.9 Å². The summed E-state index contributed by atoms with van der Waals surface area (Å²) < 4.78 is 27.7. The summed E-state index contributed by atoms with van der Waals surface area (Å²) in [6.07, 6.45) is 2.15. The molecule has 1 aliphatic heterocycles. The predicted molar refractivity (Wildman–Crippen MR) is 96.5 cm³/mol. The molecule has 1 fully saturated rings. The molecule has 6 nitrogen and oxygen atoms in total. The van der Waals surface area contributed by atoms with Gasteiger partial charge >= 0.3 is 0 Å². The molecule has 1 saturated heterocycles. The first kappa shape index (κ1) is 17.8. The molecule has 0 aliphatic carbocycles. The largest absolute Gasteiger partial charge is 0.297 e. The van der Waals surface area contributed by atoms with Gasteiger partial charge in [0.15, 0.2) is 0 Å². The fourth-order valence-electron chi connectivity index (χ4n) is 3.24. The van der Waals surface area contributed by atoms with E-state index in [2.05, 4.69) is 16.0 Å². The van der Waals surface area contributed by atoms with Crippen LogP contribution in [0.25, 0.3) is 10.9 Å². The van der Waals surface area contributed by atoms with Crippen molar-refractivity contribution in [2.45, 2.75) is 31.2 Å². The lowest BCUT2D eigenvalue weighted by atomic mass is 10.2.